The van der Waals surface area contributed by atoms with E-state index >= 15 is 0 Å². The Morgan fingerprint density at radius 3 is 1.12 bits per heavy atom. The van der Waals surface area contributed by atoms with Gasteiger partial charge in [-0.25, -0.2) is 0 Å². The Morgan fingerprint density at radius 1 is 0.583 bits per heavy atom. The van der Waals surface area contributed by atoms with Crippen molar-refractivity contribution in [1.29, 1.82) is 0 Å². The Bertz CT molecular complexity index is 355. The summed E-state index contributed by atoms with van der Waals surface area (Å²) in [6.07, 6.45) is 9.01. The lowest BCUT2D eigenvalue weighted by Crippen LogP contribution is -2.17. The van der Waals surface area contributed by atoms with Crippen molar-refractivity contribution >= 4 is 0 Å². The molecule has 0 radical (unpaired) electrons. The predicted octanol–water partition coefficient (Wildman–Crippen LogP) is 6.32. The zero-order valence-electron chi connectivity index (χ0n) is 17.1. The predicted molar refractivity (Wildman–Crippen MR) is 106 cm³/mol. The van der Waals surface area contributed by atoms with Gasteiger partial charge < -0.3 is 10.2 Å². The molecular formula is C22H42O2. The fourth-order valence-corrected chi connectivity index (χ4v) is 3.71. The summed E-state index contributed by atoms with van der Waals surface area (Å²) >= 11 is 0. The minimum absolute atomic E-state index is 0.336. The van der Waals surface area contributed by atoms with E-state index in [9.17, 15) is 10.2 Å². The number of aliphatic hydroxyl groups is 2. The van der Waals surface area contributed by atoms with Crippen LogP contribution in [0, 0.1) is 0 Å². The van der Waals surface area contributed by atoms with Crippen molar-refractivity contribution in [3.63, 3.8) is 0 Å². The minimum atomic E-state index is -0.336. The summed E-state index contributed by atoms with van der Waals surface area (Å²) in [5.74, 6) is 0. The molecule has 0 bridgehead atoms. The molecule has 0 aromatic rings. The SMILES string of the molecule is CCCCC(O)/C(CC)=C(CC)/C(CC)=C(\CC)C(O)CCCC. The first-order valence-corrected chi connectivity index (χ1v) is 10.3. The summed E-state index contributed by atoms with van der Waals surface area (Å²) in [6, 6.07) is 0. The zero-order valence-corrected chi connectivity index (χ0v) is 17.1. The monoisotopic (exact) mass is 338 g/mol. The van der Waals surface area contributed by atoms with Gasteiger partial charge >= 0.3 is 0 Å². The van der Waals surface area contributed by atoms with Gasteiger partial charge in [0.2, 0.25) is 0 Å². The maximum absolute atomic E-state index is 10.7. The second kappa shape index (κ2) is 13.7. The molecule has 0 aromatic heterocycles. The van der Waals surface area contributed by atoms with Crippen LogP contribution in [-0.4, -0.2) is 22.4 Å². The Kier molecular flexibility index (Phi) is 13.3. The maximum Gasteiger partial charge on any atom is 0.0755 e. The van der Waals surface area contributed by atoms with E-state index < -0.39 is 0 Å². The van der Waals surface area contributed by atoms with Crippen molar-refractivity contribution in [2.24, 2.45) is 0 Å². The van der Waals surface area contributed by atoms with Crippen LogP contribution in [0.2, 0.25) is 0 Å². The van der Waals surface area contributed by atoms with Gasteiger partial charge in [-0.15, -0.1) is 0 Å². The molecular weight excluding hydrogens is 296 g/mol. The van der Waals surface area contributed by atoms with Gasteiger partial charge in [-0.05, 0) is 60.8 Å². The van der Waals surface area contributed by atoms with E-state index in [1.165, 1.54) is 22.3 Å². The molecule has 0 aliphatic rings. The first kappa shape index (κ1) is 23.4. The zero-order chi connectivity index (χ0) is 18.5. The normalized spacial score (nSPS) is 16.5. The van der Waals surface area contributed by atoms with Gasteiger partial charge in [0.05, 0.1) is 12.2 Å². The van der Waals surface area contributed by atoms with Gasteiger partial charge in [0.1, 0.15) is 0 Å². The number of hydrogen-bond donors (Lipinski definition) is 2. The van der Waals surface area contributed by atoms with Crippen LogP contribution in [0.25, 0.3) is 0 Å². The molecule has 0 heterocycles. The van der Waals surface area contributed by atoms with Crippen LogP contribution in [0.3, 0.4) is 0 Å². The molecule has 142 valence electrons. The van der Waals surface area contributed by atoms with Gasteiger partial charge in [0.15, 0.2) is 0 Å². The number of unbranched alkanes of at least 4 members (excludes halogenated alkanes) is 2. The van der Waals surface area contributed by atoms with Crippen LogP contribution >= 0.6 is 0 Å². The summed E-state index contributed by atoms with van der Waals surface area (Å²) < 4.78 is 0. The molecule has 0 saturated heterocycles. The van der Waals surface area contributed by atoms with E-state index in [4.69, 9.17) is 0 Å². The second-order valence-electron chi connectivity index (χ2n) is 6.74. The molecule has 2 nitrogen and oxygen atoms in total. The van der Waals surface area contributed by atoms with Gasteiger partial charge in [-0.1, -0.05) is 67.2 Å². The van der Waals surface area contributed by atoms with Crippen molar-refractivity contribution in [3.8, 4) is 0 Å². The molecule has 24 heavy (non-hydrogen) atoms. The smallest absolute Gasteiger partial charge is 0.0755 e. The highest BCUT2D eigenvalue weighted by atomic mass is 16.3. The summed E-state index contributed by atoms with van der Waals surface area (Å²) in [7, 11) is 0. The van der Waals surface area contributed by atoms with Crippen LogP contribution in [-0.2, 0) is 0 Å². The van der Waals surface area contributed by atoms with Crippen LogP contribution in [0.15, 0.2) is 22.3 Å². The Hall–Kier alpha value is -0.600. The van der Waals surface area contributed by atoms with Crippen molar-refractivity contribution in [2.75, 3.05) is 0 Å². The van der Waals surface area contributed by atoms with Crippen LogP contribution < -0.4 is 0 Å². The third kappa shape index (κ3) is 7.11. The van der Waals surface area contributed by atoms with Gasteiger partial charge in [0, 0.05) is 0 Å². The third-order valence-electron chi connectivity index (χ3n) is 5.08. The van der Waals surface area contributed by atoms with Gasteiger partial charge in [-0.2, -0.15) is 0 Å². The lowest BCUT2D eigenvalue weighted by molar-refractivity contribution is 0.189. The standard InChI is InChI=1S/C22H42O2/c1-7-13-15-21(23)19(11-5)17(9-3)18(10-4)20(12-6)22(24)16-14-8-2/h21-24H,7-16H2,1-6H3/b19-17+,20-18+. The van der Waals surface area contributed by atoms with E-state index in [0.717, 1.165) is 64.2 Å². The Morgan fingerprint density at radius 2 is 0.917 bits per heavy atom. The van der Waals surface area contributed by atoms with E-state index in [2.05, 4.69) is 41.5 Å². The highest BCUT2D eigenvalue weighted by Gasteiger charge is 2.20. The average Bonchev–Trinajstić information content (AvgIpc) is 2.60. The molecule has 0 saturated carbocycles. The average molecular weight is 339 g/mol. The first-order valence-electron chi connectivity index (χ1n) is 10.3. The highest BCUT2D eigenvalue weighted by Crippen LogP contribution is 2.32. The van der Waals surface area contributed by atoms with Crippen molar-refractivity contribution in [1.82, 2.24) is 0 Å². The number of hydrogen-bond acceptors (Lipinski definition) is 2. The fraction of sp³-hybridized carbons (Fsp3) is 0.818. The molecule has 0 aliphatic carbocycles. The molecule has 2 atom stereocenters. The van der Waals surface area contributed by atoms with Crippen molar-refractivity contribution in [2.45, 2.75) is 118 Å². The van der Waals surface area contributed by atoms with Crippen LogP contribution in [0.4, 0.5) is 0 Å². The van der Waals surface area contributed by atoms with Crippen molar-refractivity contribution in [3.05, 3.63) is 22.3 Å². The molecule has 0 rings (SSSR count). The quantitative estimate of drug-likeness (QED) is 0.386. The van der Waals surface area contributed by atoms with E-state index in [-0.39, 0.29) is 12.2 Å². The second-order valence-corrected chi connectivity index (χ2v) is 6.74. The number of aliphatic hydroxyl groups excluding tert-OH is 2. The summed E-state index contributed by atoms with van der Waals surface area (Å²) in [5, 5.41) is 21.4. The lowest BCUT2D eigenvalue weighted by atomic mass is 9.84. The van der Waals surface area contributed by atoms with Gasteiger partial charge in [-0.3, -0.25) is 0 Å². The molecule has 2 heteroatoms. The maximum atomic E-state index is 10.7. The summed E-state index contributed by atoms with van der Waals surface area (Å²) in [5.41, 5.74) is 4.99. The summed E-state index contributed by atoms with van der Waals surface area (Å²) in [4.78, 5) is 0. The van der Waals surface area contributed by atoms with Crippen molar-refractivity contribution < 1.29 is 10.2 Å². The molecule has 2 unspecified atom stereocenters. The number of allylic oxidation sites excluding steroid dienone is 2. The molecule has 2 N–H and O–H groups in total. The molecule has 0 amide bonds. The van der Waals surface area contributed by atoms with Gasteiger partial charge in [0.25, 0.3) is 0 Å². The third-order valence-corrected chi connectivity index (χ3v) is 5.08. The molecule has 0 spiro atoms. The Labute approximate surface area is 151 Å². The summed E-state index contributed by atoms with van der Waals surface area (Å²) in [6.45, 7) is 13.0. The Balaban J connectivity index is 5.86. The fourth-order valence-electron chi connectivity index (χ4n) is 3.71. The van der Waals surface area contributed by atoms with Crippen LogP contribution in [0.5, 0.6) is 0 Å². The van der Waals surface area contributed by atoms with E-state index in [1.54, 1.807) is 0 Å². The topological polar surface area (TPSA) is 40.5 Å². The first-order chi connectivity index (χ1) is 11.5. The molecule has 0 fully saturated rings. The number of rotatable bonds is 13. The molecule has 0 aromatic carbocycles. The minimum Gasteiger partial charge on any atom is -0.389 e. The lowest BCUT2D eigenvalue weighted by Gasteiger charge is -2.25. The van der Waals surface area contributed by atoms with Crippen LogP contribution in [0.1, 0.15) is 106 Å². The van der Waals surface area contributed by atoms with E-state index in [0.29, 0.717) is 0 Å². The molecule has 0 aliphatic heterocycles. The highest BCUT2D eigenvalue weighted by molar-refractivity contribution is 5.41. The largest absolute Gasteiger partial charge is 0.389 e. The van der Waals surface area contributed by atoms with E-state index in [1.807, 2.05) is 0 Å².